The molecule has 0 saturated carbocycles. The van der Waals surface area contributed by atoms with Crippen molar-refractivity contribution in [1.29, 1.82) is 0 Å². The average molecular weight is 815 g/mol. The highest BCUT2D eigenvalue weighted by Crippen LogP contribution is 2.60. The van der Waals surface area contributed by atoms with E-state index in [1.54, 1.807) is 49.7 Å². The number of nitrogens with two attached hydrogens (primary N) is 2. The maximum Gasteiger partial charge on any atom is 0.404 e. The number of carbonyl (C=O) groups excluding carboxylic acids is 6. The summed E-state index contributed by atoms with van der Waals surface area (Å²) in [6.45, 7) is 4.65. The first kappa shape index (κ1) is 38.8. The number of carbonyl (C=O) groups is 6. The van der Waals surface area contributed by atoms with Gasteiger partial charge in [-0.3, -0.25) is 29.0 Å². The first-order valence-corrected chi connectivity index (χ1v) is 20.9. The van der Waals surface area contributed by atoms with Crippen LogP contribution in [-0.2, 0) is 38.1 Å². The van der Waals surface area contributed by atoms with Crippen molar-refractivity contribution in [2.24, 2.45) is 23.3 Å². The largest absolute Gasteiger partial charge is 0.449 e. The van der Waals surface area contributed by atoms with Gasteiger partial charge in [0.1, 0.15) is 13.2 Å². The molecule has 0 spiro atoms. The van der Waals surface area contributed by atoms with Gasteiger partial charge in [0, 0.05) is 86.3 Å². The van der Waals surface area contributed by atoms with Gasteiger partial charge >= 0.3 is 12.2 Å². The normalized spacial score (nSPS) is 36.1. The number of fused-ring (bicyclic) bond motifs is 8. The van der Waals surface area contributed by atoms with Crippen LogP contribution in [0.5, 0.6) is 0 Å². The minimum Gasteiger partial charge on any atom is -0.449 e. The van der Waals surface area contributed by atoms with Gasteiger partial charge in [-0.2, -0.15) is 0 Å². The number of likely N-dealkylation sites (N-methyl/N-ethyl adjacent to an activating group) is 2. The second kappa shape index (κ2) is 13.8. The van der Waals surface area contributed by atoms with Crippen LogP contribution in [0.1, 0.15) is 13.8 Å². The fraction of sp³-hybridized carbons (Fsp3) is 0.611. The Hall–Kier alpha value is -4.08. The molecule has 4 saturated heterocycles. The zero-order chi connectivity index (χ0) is 40.2. The van der Waals surface area contributed by atoms with Gasteiger partial charge in [-0.05, 0) is 27.9 Å². The Morgan fingerprint density at radius 3 is 1.41 bits per heavy atom. The lowest BCUT2D eigenvalue weighted by molar-refractivity contribution is -0.144. The third-order valence-electron chi connectivity index (χ3n) is 13.0. The predicted octanol–water partition coefficient (Wildman–Crippen LogP) is -0.961. The number of methoxy groups -OCH3 is 2. The molecule has 5 unspecified atom stereocenters. The molecule has 0 aromatic carbocycles. The Morgan fingerprint density at radius 2 is 1.07 bits per heavy atom. The highest BCUT2D eigenvalue weighted by molar-refractivity contribution is 8.76. The standard InChI is InChI=1S/C36H46N8O10S2/c1-15-23(29(47)21-17(13-53-33(37)49)35(51-5)31-19(41(31)3)11-43(35)25(21)27(15)45)39-7-9-55-56-10-8-40-24-16(2)28(46)26-22(30(24)48)18(14-54-34(38)50)36(52-6)32-20(42(32)4)12-44(26)36/h17-20,31-32,39-40H,7-14H2,1-6H3,(H2,37,49)(H2,38,50)/t17-,18?,19+,20+,31+,32?,35?,36-,41?,42?/m0/s1. The molecule has 10 atom stereocenters. The van der Waals surface area contributed by atoms with E-state index in [-0.39, 0.29) is 83.1 Å². The lowest BCUT2D eigenvalue weighted by Crippen LogP contribution is -2.55. The smallest absolute Gasteiger partial charge is 0.404 e. The molecule has 8 rings (SSSR count). The number of Topliss-reactive ketones (excluding diaryl/α,β-unsaturated/α-hetero) is 4. The lowest BCUT2D eigenvalue weighted by Gasteiger charge is -2.40. The van der Waals surface area contributed by atoms with Gasteiger partial charge in [0.15, 0.2) is 11.4 Å². The summed E-state index contributed by atoms with van der Waals surface area (Å²) < 4.78 is 22.7. The molecule has 2 aliphatic carbocycles. The molecule has 0 radical (unpaired) electrons. The molecular weight excluding hydrogens is 769 g/mol. The molecule has 20 heteroatoms. The Morgan fingerprint density at radius 1 is 0.696 bits per heavy atom. The van der Waals surface area contributed by atoms with Crippen molar-refractivity contribution in [2.45, 2.75) is 49.5 Å². The summed E-state index contributed by atoms with van der Waals surface area (Å²) >= 11 is 0. The van der Waals surface area contributed by atoms with Crippen LogP contribution in [0.2, 0.25) is 0 Å². The average Bonchev–Trinajstić information content (AvgIpc) is 3.70. The Bertz CT molecular complexity index is 1850. The summed E-state index contributed by atoms with van der Waals surface area (Å²) in [7, 11) is 10.1. The van der Waals surface area contributed by atoms with E-state index in [0.717, 1.165) is 0 Å². The monoisotopic (exact) mass is 814 g/mol. The number of primary amides is 2. The third-order valence-corrected chi connectivity index (χ3v) is 15.4. The second-order valence-electron chi connectivity index (χ2n) is 15.2. The maximum absolute atomic E-state index is 14.1. The van der Waals surface area contributed by atoms with Crippen molar-refractivity contribution in [1.82, 2.24) is 30.2 Å². The quantitative estimate of drug-likeness (QED) is 0.0676. The summed E-state index contributed by atoms with van der Waals surface area (Å²) in [5.41, 5.74) is 10.8. The van der Waals surface area contributed by atoms with Gasteiger partial charge in [0.2, 0.25) is 23.1 Å². The van der Waals surface area contributed by atoms with Crippen molar-refractivity contribution in [3.8, 4) is 0 Å². The zero-order valence-corrected chi connectivity index (χ0v) is 33.6. The molecule has 18 nitrogen and oxygen atoms in total. The molecule has 6 aliphatic heterocycles. The van der Waals surface area contributed by atoms with E-state index in [1.165, 1.54) is 0 Å². The van der Waals surface area contributed by atoms with Gasteiger partial charge in [0.25, 0.3) is 0 Å². The molecule has 6 heterocycles. The third kappa shape index (κ3) is 5.25. The number of allylic oxidation sites excluding steroid dienone is 4. The van der Waals surface area contributed by atoms with Crippen LogP contribution in [-0.4, -0.2) is 170 Å². The Labute approximate surface area is 331 Å². The number of amides is 2. The summed E-state index contributed by atoms with van der Waals surface area (Å²) in [5, 5.41) is 6.37. The van der Waals surface area contributed by atoms with Crippen molar-refractivity contribution >= 4 is 56.9 Å². The number of rotatable bonds is 15. The van der Waals surface area contributed by atoms with Crippen LogP contribution in [0.15, 0.2) is 45.1 Å². The van der Waals surface area contributed by atoms with Gasteiger partial charge in [-0.15, -0.1) is 0 Å². The van der Waals surface area contributed by atoms with E-state index in [4.69, 9.17) is 30.4 Å². The van der Waals surface area contributed by atoms with Crippen molar-refractivity contribution < 1.29 is 47.7 Å². The number of ether oxygens (including phenoxy) is 4. The minimum atomic E-state index is -1.04. The molecule has 4 fully saturated rings. The molecule has 2 amide bonds. The molecule has 8 aliphatic rings. The molecular formula is C36H46N8O10S2. The van der Waals surface area contributed by atoms with Gasteiger partial charge < -0.3 is 50.8 Å². The van der Waals surface area contributed by atoms with Crippen LogP contribution in [0.4, 0.5) is 9.59 Å². The first-order chi connectivity index (χ1) is 26.7. The van der Waals surface area contributed by atoms with Crippen LogP contribution in [0.3, 0.4) is 0 Å². The molecule has 0 bridgehead atoms. The molecule has 0 aromatic rings. The van der Waals surface area contributed by atoms with Crippen molar-refractivity contribution in [3.63, 3.8) is 0 Å². The van der Waals surface area contributed by atoms with E-state index in [0.29, 0.717) is 60.2 Å². The minimum absolute atomic E-state index is 0.0815. The number of nitrogens with zero attached hydrogens (tertiary/aromatic N) is 4. The number of piperazine rings is 2. The number of nitrogens with one attached hydrogen (secondary N) is 2. The number of hydrogen-bond acceptors (Lipinski definition) is 18. The summed E-state index contributed by atoms with van der Waals surface area (Å²) in [5.74, 6) is -1.47. The van der Waals surface area contributed by atoms with Gasteiger partial charge in [-0.25, -0.2) is 9.59 Å². The van der Waals surface area contributed by atoms with Crippen molar-refractivity contribution in [3.05, 3.63) is 45.1 Å². The molecule has 302 valence electrons. The summed E-state index contributed by atoms with van der Waals surface area (Å²) in [4.78, 5) is 87.2. The Balaban J connectivity index is 0.862. The van der Waals surface area contributed by atoms with E-state index in [2.05, 4.69) is 20.4 Å². The fourth-order valence-corrected chi connectivity index (χ4v) is 12.2. The fourth-order valence-electron chi connectivity index (χ4n) is 10.4. The summed E-state index contributed by atoms with van der Waals surface area (Å²) in [6.07, 6.45) is -1.95. The van der Waals surface area contributed by atoms with Gasteiger partial charge in [0.05, 0.1) is 46.7 Å². The van der Waals surface area contributed by atoms with Crippen LogP contribution >= 0.6 is 21.6 Å². The zero-order valence-electron chi connectivity index (χ0n) is 32.0. The van der Waals surface area contributed by atoms with E-state index >= 15 is 0 Å². The second-order valence-corrected chi connectivity index (χ2v) is 17.9. The van der Waals surface area contributed by atoms with Crippen LogP contribution in [0, 0.1) is 11.8 Å². The number of hydrogen-bond donors (Lipinski definition) is 4. The maximum atomic E-state index is 14.1. The van der Waals surface area contributed by atoms with E-state index < -0.39 is 35.5 Å². The lowest BCUT2D eigenvalue weighted by atomic mass is 9.82. The molecule has 6 N–H and O–H groups in total. The highest BCUT2D eigenvalue weighted by Gasteiger charge is 2.76. The number of ketones is 4. The predicted molar refractivity (Wildman–Crippen MR) is 202 cm³/mol. The Kier molecular flexibility index (Phi) is 9.55. The molecule has 0 aromatic heterocycles. The van der Waals surface area contributed by atoms with E-state index in [1.807, 2.05) is 23.9 Å². The first-order valence-electron chi connectivity index (χ1n) is 18.4. The SMILES string of the molecule is COC12[C@@H](COC(N)=O)C3=C(C(=O)C(C)=C(NCCSSCCNC4=C(C)C(=O)C5=C(C4=O)C(COC(N)=O)[C@]4(OC)C6[C@@H](CN54)N6C)C3=O)N1C[C@@H]1[C@H]2N1C. The highest BCUT2D eigenvalue weighted by atomic mass is 33.1. The van der Waals surface area contributed by atoms with Crippen molar-refractivity contribution in [2.75, 3.05) is 79.2 Å². The van der Waals surface area contributed by atoms with Crippen LogP contribution < -0.4 is 22.1 Å². The topological polar surface area (TPSA) is 228 Å². The van der Waals surface area contributed by atoms with Gasteiger partial charge in [-0.1, -0.05) is 21.6 Å². The van der Waals surface area contributed by atoms with Crippen LogP contribution in [0.25, 0.3) is 0 Å². The molecule has 56 heavy (non-hydrogen) atoms. The summed E-state index contributed by atoms with van der Waals surface area (Å²) in [6, 6.07) is 0.137. The van der Waals surface area contributed by atoms with E-state index in [9.17, 15) is 28.8 Å².